The van der Waals surface area contributed by atoms with Crippen LogP contribution in [0.3, 0.4) is 0 Å². The van der Waals surface area contributed by atoms with Crippen LogP contribution < -0.4 is 0 Å². The van der Waals surface area contributed by atoms with Crippen molar-refractivity contribution in [3.8, 4) is 0 Å². The number of allylic oxidation sites excluding steroid dienone is 4. The molecule has 17 atom stereocenters. The van der Waals surface area contributed by atoms with Crippen LogP contribution >= 0.6 is 0 Å². The van der Waals surface area contributed by atoms with E-state index in [4.69, 9.17) is 37.9 Å². The Kier molecular flexibility index (Phi) is 15.1. The summed E-state index contributed by atoms with van der Waals surface area (Å²) in [5, 5.41) is 0. The van der Waals surface area contributed by atoms with Gasteiger partial charge in [0.05, 0.1) is 36.4 Å². The van der Waals surface area contributed by atoms with Crippen LogP contribution in [0.4, 0.5) is 13.2 Å². The van der Waals surface area contributed by atoms with Gasteiger partial charge in [-0.2, -0.15) is 13.2 Å². The molecule has 62 heavy (non-hydrogen) atoms. The third-order valence-corrected chi connectivity index (χ3v) is 14.9. The number of hydrogen-bond donors (Lipinski definition) is 0. The number of esters is 1. The van der Waals surface area contributed by atoms with Gasteiger partial charge in [0.2, 0.25) is 0 Å². The first-order chi connectivity index (χ1) is 29.6. The van der Waals surface area contributed by atoms with Crippen LogP contribution in [0, 0.1) is 35.5 Å². The van der Waals surface area contributed by atoms with Crippen molar-refractivity contribution in [2.75, 3.05) is 35.4 Å². The predicted molar refractivity (Wildman–Crippen MR) is 225 cm³/mol. The summed E-state index contributed by atoms with van der Waals surface area (Å²) in [6.45, 7) is 7.91. The summed E-state index contributed by atoms with van der Waals surface area (Å²) in [6, 6.07) is 5.52. The summed E-state index contributed by atoms with van der Waals surface area (Å²) in [4.78, 5) is 31.3. The summed E-state index contributed by atoms with van der Waals surface area (Å²) >= 11 is 0. The molecule has 1 saturated carbocycles. The molecule has 7 rings (SSSR count). The molecular weight excluding hydrogens is 808 g/mol. The van der Waals surface area contributed by atoms with Gasteiger partial charge in [0, 0.05) is 39.2 Å². The van der Waals surface area contributed by atoms with Crippen LogP contribution in [0.1, 0.15) is 96.6 Å². The lowest BCUT2D eigenvalue weighted by molar-refractivity contribution is -0.314. The van der Waals surface area contributed by atoms with Crippen molar-refractivity contribution in [3.63, 3.8) is 0 Å². The number of cyclic esters (lactones) is 1. The molecule has 11 nitrogen and oxygen atoms in total. The largest absolute Gasteiger partial charge is 0.462 e. The van der Waals surface area contributed by atoms with Crippen LogP contribution in [0.15, 0.2) is 42.0 Å². The highest BCUT2D eigenvalue weighted by Crippen LogP contribution is 2.59. The number of likely N-dealkylation sites (N-methyl/N-ethyl adjacent to an activating group) is 1. The monoisotopic (exact) mass is 875 g/mol. The SMILES string of the molecule is CC[C@H]1CCC[C@H](O[C@H]2CC[C@H](N(C)C)C(C)O2)[C@@H](C)C(=O)C2=C[C@@H]3C(C(c4ccc(C(F)(F)F)cc4)=CC4C[C@@H](OC5OC(C)C(OC)C(OC)C5OC)C[C@H]43)[C@@H]2CC(=O)O1. The number of halogens is 3. The van der Waals surface area contributed by atoms with Crippen molar-refractivity contribution in [2.45, 2.75) is 159 Å². The van der Waals surface area contributed by atoms with E-state index >= 15 is 4.79 Å². The van der Waals surface area contributed by atoms with E-state index in [9.17, 15) is 18.0 Å². The van der Waals surface area contributed by atoms with Gasteiger partial charge in [0.15, 0.2) is 18.4 Å². The van der Waals surface area contributed by atoms with Gasteiger partial charge in [-0.05, 0) is 132 Å². The van der Waals surface area contributed by atoms with E-state index < -0.39 is 54.5 Å². The summed E-state index contributed by atoms with van der Waals surface area (Å²) in [7, 11) is 8.91. The third kappa shape index (κ3) is 9.78. The summed E-state index contributed by atoms with van der Waals surface area (Å²) < 4.78 is 91.4. The number of carbonyl (C=O) groups is 2. The molecule has 0 aromatic heterocycles. The Balaban J connectivity index is 1.23. The Morgan fingerprint density at radius 3 is 2.15 bits per heavy atom. The lowest BCUT2D eigenvalue weighted by Crippen LogP contribution is -2.59. The second kappa shape index (κ2) is 19.8. The number of Topliss-reactive ketones (excluding diaryl/α,β-unsaturated/α-hetero) is 1. The van der Waals surface area contributed by atoms with Crippen molar-refractivity contribution >= 4 is 17.3 Å². The first kappa shape index (κ1) is 47.3. The fraction of sp³-hybridized carbons (Fsp3) is 0.750. The van der Waals surface area contributed by atoms with Crippen molar-refractivity contribution in [3.05, 3.63) is 53.1 Å². The maximum Gasteiger partial charge on any atom is 0.416 e. The number of benzene rings is 1. The molecule has 3 saturated heterocycles. The number of rotatable bonds is 10. The molecule has 3 heterocycles. The van der Waals surface area contributed by atoms with Gasteiger partial charge >= 0.3 is 12.1 Å². The Bertz CT molecular complexity index is 1770. The van der Waals surface area contributed by atoms with Crippen LogP contribution in [-0.4, -0.2) is 120 Å². The van der Waals surface area contributed by atoms with Crippen LogP contribution in [0.25, 0.3) is 5.57 Å². The molecule has 8 unspecified atom stereocenters. The van der Waals surface area contributed by atoms with Gasteiger partial charge in [-0.1, -0.05) is 38.1 Å². The first-order valence-electron chi connectivity index (χ1n) is 22.8. The maximum absolute atomic E-state index is 15.1. The van der Waals surface area contributed by atoms with Crippen molar-refractivity contribution in [2.24, 2.45) is 35.5 Å². The molecule has 6 aliphatic rings. The molecule has 0 spiro atoms. The molecule has 0 amide bonds. The number of alkyl halides is 3. The maximum atomic E-state index is 15.1. The fourth-order valence-corrected chi connectivity index (χ4v) is 11.7. The lowest BCUT2D eigenvalue weighted by Gasteiger charge is -2.44. The Labute approximate surface area is 365 Å². The molecule has 3 aliphatic carbocycles. The van der Waals surface area contributed by atoms with Crippen molar-refractivity contribution in [1.82, 2.24) is 4.90 Å². The van der Waals surface area contributed by atoms with E-state index in [0.717, 1.165) is 24.1 Å². The second-order valence-corrected chi connectivity index (χ2v) is 18.8. The average Bonchev–Trinajstić information content (AvgIpc) is 3.82. The van der Waals surface area contributed by atoms with E-state index in [2.05, 4.69) is 38.1 Å². The summed E-state index contributed by atoms with van der Waals surface area (Å²) in [5.74, 6) is -2.13. The van der Waals surface area contributed by atoms with E-state index in [1.807, 2.05) is 20.8 Å². The summed E-state index contributed by atoms with van der Waals surface area (Å²) in [5.41, 5.74) is 1.30. The number of carbonyl (C=O) groups excluding carboxylic acids is 2. The second-order valence-electron chi connectivity index (χ2n) is 18.8. The molecule has 0 N–H and O–H groups in total. The molecule has 0 radical (unpaired) electrons. The van der Waals surface area contributed by atoms with Gasteiger partial charge < -0.3 is 42.8 Å². The Morgan fingerprint density at radius 2 is 1.52 bits per heavy atom. The number of methoxy groups -OCH3 is 3. The van der Waals surface area contributed by atoms with Crippen molar-refractivity contribution in [1.29, 1.82) is 0 Å². The highest BCUT2D eigenvalue weighted by atomic mass is 19.4. The van der Waals surface area contributed by atoms with E-state index in [0.29, 0.717) is 56.1 Å². The van der Waals surface area contributed by atoms with Gasteiger partial charge in [-0.25, -0.2) is 0 Å². The van der Waals surface area contributed by atoms with Crippen LogP contribution in [0.2, 0.25) is 0 Å². The standard InChI is InChI=1S/C48H68F3NO10/c1-10-31-12-11-13-39(62-41-19-18-38(52(5)6)26(3)58-41)25(2)43(54)37-23-35-33-22-32(61-47-46(57-9)45(56-8)44(55-7)27(4)59-47)20-29(33)21-34(42(35)36(37)24-40(53)60-31)28-14-16-30(17-15-28)48(49,50)51/h14-17,21,23,25-27,29,31-33,35-36,38-39,41-42,44-47H,10-13,18-20,22,24H2,1-9H3/t25-,26?,27?,29?,31+,32-,33-,35+,36-,38+,39+,41+,42?,44?,45?,46?,47?/m1/s1. The molecule has 3 aliphatic heterocycles. The smallest absolute Gasteiger partial charge is 0.416 e. The van der Waals surface area contributed by atoms with Gasteiger partial charge in [-0.15, -0.1) is 0 Å². The van der Waals surface area contributed by atoms with E-state index in [1.165, 1.54) is 12.1 Å². The Morgan fingerprint density at radius 1 is 0.806 bits per heavy atom. The normalized spacial score (nSPS) is 40.7. The molecule has 1 aromatic rings. The zero-order valence-electron chi connectivity index (χ0n) is 37.8. The first-order valence-corrected chi connectivity index (χ1v) is 22.8. The van der Waals surface area contributed by atoms with Gasteiger partial charge in [0.1, 0.15) is 24.4 Å². The highest BCUT2D eigenvalue weighted by molar-refractivity contribution is 5.99. The zero-order chi connectivity index (χ0) is 44.6. The average molecular weight is 876 g/mol. The van der Waals surface area contributed by atoms with E-state index in [1.54, 1.807) is 21.3 Å². The van der Waals surface area contributed by atoms with Crippen LogP contribution in [-0.2, 0) is 53.7 Å². The molecular formula is C48H68F3NO10. The zero-order valence-corrected chi connectivity index (χ0v) is 37.8. The minimum atomic E-state index is -4.50. The lowest BCUT2D eigenvalue weighted by atomic mass is 9.65. The number of nitrogens with zero attached hydrogens (tertiary/aromatic N) is 1. The third-order valence-electron chi connectivity index (χ3n) is 14.9. The van der Waals surface area contributed by atoms with Gasteiger partial charge in [0.25, 0.3) is 0 Å². The molecule has 1 aromatic carbocycles. The Hall–Kier alpha value is -2.69. The summed E-state index contributed by atoms with van der Waals surface area (Å²) in [6.07, 6.45) is 1.23. The topological polar surface area (TPSA) is 111 Å². The minimum Gasteiger partial charge on any atom is -0.462 e. The molecule has 346 valence electrons. The van der Waals surface area contributed by atoms with Crippen molar-refractivity contribution < 1.29 is 60.7 Å². The number of ether oxygens (including phenoxy) is 8. The number of fused-ring (bicyclic) bond motifs is 5. The number of hydrogen-bond acceptors (Lipinski definition) is 11. The highest BCUT2D eigenvalue weighted by Gasteiger charge is 2.55. The van der Waals surface area contributed by atoms with Gasteiger partial charge in [-0.3, -0.25) is 9.59 Å². The fourth-order valence-electron chi connectivity index (χ4n) is 11.7. The molecule has 14 heteroatoms. The predicted octanol–water partition coefficient (Wildman–Crippen LogP) is 8.03. The quantitative estimate of drug-likeness (QED) is 0.213. The molecule has 0 bridgehead atoms. The van der Waals surface area contributed by atoms with E-state index in [-0.39, 0.29) is 78.4 Å². The molecule has 4 fully saturated rings. The number of ketones is 1. The van der Waals surface area contributed by atoms with Crippen LogP contribution in [0.5, 0.6) is 0 Å². The minimum absolute atomic E-state index is 0.0159.